The minimum absolute atomic E-state index is 0.858. The quantitative estimate of drug-likeness (QED) is 0.413. The van der Waals surface area contributed by atoms with Gasteiger partial charge in [0, 0.05) is 13.2 Å². The van der Waals surface area contributed by atoms with E-state index in [4.69, 9.17) is 4.74 Å². The molecule has 2 rings (SSSR count). The maximum atomic E-state index is 5.75. The van der Waals surface area contributed by atoms with E-state index in [0.717, 1.165) is 43.3 Å². The summed E-state index contributed by atoms with van der Waals surface area (Å²) in [5, 5.41) is 0. The fourth-order valence-corrected chi connectivity index (χ4v) is 4.36. The van der Waals surface area contributed by atoms with Crippen molar-refractivity contribution < 1.29 is 4.74 Å². The van der Waals surface area contributed by atoms with Crippen LogP contribution in [0.4, 0.5) is 0 Å². The molecule has 0 aromatic rings. The Labute approximate surface area is 132 Å². The molecule has 0 aromatic carbocycles. The van der Waals surface area contributed by atoms with E-state index < -0.39 is 0 Å². The SMILES string of the molecule is CC/C=C/[C@H]1CC[C@H](C2CCC(COCCC)CC2)CC1. The van der Waals surface area contributed by atoms with Crippen LogP contribution >= 0.6 is 0 Å². The van der Waals surface area contributed by atoms with E-state index in [-0.39, 0.29) is 0 Å². The average molecular weight is 293 g/mol. The molecule has 0 heterocycles. The highest BCUT2D eigenvalue weighted by Gasteiger charge is 2.30. The third-order valence-electron chi connectivity index (χ3n) is 5.72. The smallest absolute Gasteiger partial charge is 0.0494 e. The fourth-order valence-electron chi connectivity index (χ4n) is 4.36. The summed E-state index contributed by atoms with van der Waals surface area (Å²) in [6.07, 6.45) is 18.9. The molecule has 0 N–H and O–H groups in total. The van der Waals surface area contributed by atoms with Gasteiger partial charge in [-0.25, -0.2) is 0 Å². The van der Waals surface area contributed by atoms with Crippen molar-refractivity contribution in [2.75, 3.05) is 13.2 Å². The summed E-state index contributed by atoms with van der Waals surface area (Å²) in [5.41, 5.74) is 0. The molecule has 0 atom stereocenters. The number of rotatable bonds is 7. The summed E-state index contributed by atoms with van der Waals surface area (Å²) in [6, 6.07) is 0. The van der Waals surface area contributed by atoms with Gasteiger partial charge in [0.25, 0.3) is 0 Å². The molecule has 0 saturated heterocycles. The Hall–Kier alpha value is -0.300. The summed E-state index contributed by atoms with van der Waals surface area (Å²) in [4.78, 5) is 0. The molecule has 122 valence electrons. The molecular weight excluding hydrogens is 256 g/mol. The highest BCUT2D eigenvalue weighted by molar-refractivity contribution is 4.91. The molecule has 2 saturated carbocycles. The van der Waals surface area contributed by atoms with Crippen molar-refractivity contribution in [3.63, 3.8) is 0 Å². The molecule has 0 spiro atoms. The van der Waals surface area contributed by atoms with Crippen LogP contribution in [-0.2, 0) is 4.74 Å². The lowest BCUT2D eigenvalue weighted by molar-refractivity contribution is 0.0662. The maximum Gasteiger partial charge on any atom is 0.0494 e. The zero-order valence-corrected chi connectivity index (χ0v) is 14.4. The van der Waals surface area contributed by atoms with E-state index in [2.05, 4.69) is 26.0 Å². The summed E-state index contributed by atoms with van der Waals surface area (Å²) >= 11 is 0. The summed E-state index contributed by atoms with van der Waals surface area (Å²) < 4.78 is 5.75. The number of ether oxygens (including phenoxy) is 1. The normalized spacial score (nSPS) is 34.4. The van der Waals surface area contributed by atoms with Crippen LogP contribution in [0.2, 0.25) is 0 Å². The van der Waals surface area contributed by atoms with Gasteiger partial charge in [0.15, 0.2) is 0 Å². The largest absolute Gasteiger partial charge is 0.381 e. The van der Waals surface area contributed by atoms with E-state index in [9.17, 15) is 0 Å². The Morgan fingerprint density at radius 2 is 1.48 bits per heavy atom. The minimum Gasteiger partial charge on any atom is -0.381 e. The number of hydrogen-bond donors (Lipinski definition) is 0. The van der Waals surface area contributed by atoms with Crippen LogP contribution in [0.3, 0.4) is 0 Å². The second-order valence-corrected chi connectivity index (χ2v) is 7.37. The van der Waals surface area contributed by atoms with E-state index in [1.54, 1.807) is 0 Å². The first-order chi connectivity index (χ1) is 10.3. The first-order valence-electron chi connectivity index (χ1n) is 9.57. The molecule has 2 aliphatic rings. The van der Waals surface area contributed by atoms with Gasteiger partial charge in [-0.15, -0.1) is 0 Å². The van der Waals surface area contributed by atoms with Crippen LogP contribution in [0, 0.1) is 23.7 Å². The Morgan fingerprint density at radius 3 is 2.05 bits per heavy atom. The van der Waals surface area contributed by atoms with E-state index in [1.165, 1.54) is 57.8 Å². The van der Waals surface area contributed by atoms with Crippen molar-refractivity contribution in [1.82, 2.24) is 0 Å². The standard InChI is InChI=1S/C20H36O/c1-3-5-6-17-7-11-19(12-8-17)20-13-9-18(10-14-20)16-21-15-4-2/h5-6,17-20H,3-4,7-16H2,1-2H3/b6-5+/t17-,18?,19-,20?. The van der Waals surface area contributed by atoms with Gasteiger partial charge < -0.3 is 4.74 Å². The van der Waals surface area contributed by atoms with Gasteiger partial charge in [-0.2, -0.15) is 0 Å². The van der Waals surface area contributed by atoms with Crippen molar-refractivity contribution >= 4 is 0 Å². The molecule has 1 nitrogen and oxygen atoms in total. The summed E-state index contributed by atoms with van der Waals surface area (Å²) in [7, 11) is 0. The second kappa shape index (κ2) is 9.66. The topological polar surface area (TPSA) is 9.23 Å². The lowest BCUT2D eigenvalue weighted by atomic mass is 9.69. The van der Waals surface area contributed by atoms with Gasteiger partial charge in [-0.1, -0.05) is 26.0 Å². The van der Waals surface area contributed by atoms with Gasteiger partial charge in [0.1, 0.15) is 0 Å². The second-order valence-electron chi connectivity index (χ2n) is 7.37. The predicted molar refractivity (Wildman–Crippen MR) is 91.4 cm³/mol. The first kappa shape index (κ1) is 17.1. The minimum atomic E-state index is 0.858. The fraction of sp³-hybridized carbons (Fsp3) is 0.900. The van der Waals surface area contributed by atoms with Crippen LogP contribution < -0.4 is 0 Å². The zero-order chi connectivity index (χ0) is 14.9. The summed E-state index contributed by atoms with van der Waals surface area (Å²) in [6.45, 7) is 6.41. The molecule has 0 radical (unpaired) electrons. The van der Waals surface area contributed by atoms with E-state index in [0.29, 0.717) is 0 Å². The third-order valence-corrected chi connectivity index (χ3v) is 5.72. The van der Waals surface area contributed by atoms with Gasteiger partial charge in [0.2, 0.25) is 0 Å². The molecule has 2 aliphatic carbocycles. The Balaban J connectivity index is 1.63. The molecule has 0 aromatic heterocycles. The van der Waals surface area contributed by atoms with Crippen LogP contribution in [0.1, 0.15) is 78.1 Å². The predicted octanol–water partition coefficient (Wildman–Crippen LogP) is 5.99. The molecule has 0 bridgehead atoms. The van der Waals surface area contributed by atoms with Gasteiger partial charge in [-0.05, 0) is 87.9 Å². The van der Waals surface area contributed by atoms with Crippen LogP contribution in [0.5, 0.6) is 0 Å². The van der Waals surface area contributed by atoms with E-state index in [1.807, 2.05) is 0 Å². The van der Waals surface area contributed by atoms with Crippen molar-refractivity contribution in [2.45, 2.75) is 78.1 Å². The molecule has 0 amide bonds. The maximum absolute atomic E-state index is 5.75. The monoisotopic (exact) mass is 292 g/mol. The van der Waals surface area contributed by atoms with Crippen molar-refractivity contribution in [3.8, 4) is 0 Å². The molecule has 0 unspecified atom stereocenters. The van der Waals surface area contributed by atoms with Crippen LogP contribution in [-0.4, -0.2) is 13.2 Å². The van der Waals surface area contributed by atoms with Crippen LogP contribution in [0.15, 0.2) is 12.2 Å². The van der Waals surface area contributed by atoms with Crippen molar-refractivity contribution in [2.24, 2.45) is 23.7 Å². The zero-order valence-electron chi connectivity index (χ0n) is 14.4. The van der Waals surface area contributed by atoms with Gasteiger partial charge >= 0.3 is 0 Å². The lowest BCUT2D eigenvalue weighted by Crippen LogP contribution is -2.26. The van der Waals surface area contributed by atoms with E-state index >= 15 is 0 Å². The highest BCUT2D eigenvalue weighted by Crippen LogP contribution is 2.41. The Kier molecular flexibility index (Phi) is 7.85. The Morgan fingerprint density at radius 1 is 0.857 bits per heavy atom. The lowest BCUT2D eigenvalue weighted by Gasteiger charge is -2.37. The summed E-state index contributed by atoms with van der Waals surface area (Å²) in [5.74, 6) is 3.81. The van der Waals surface area contributed by atoms with Crippen LogP contribution in [0.25, 0.3) is 0 Å². The molecule has 1 heteroatoms. The number of allylic oxidation sites excluding steroid dienone is 2. The molecule has 0 aliphatic heterocycles. The number of hydrogen-bond acceptors (Lipinski definition) is 1. The molecular formula is C20H36O. The van der Waals surface area contributed by atoms with Crippen molar-refractivity contribution in [1.29, 1.82) is 0 Å². The average Bonchev–Trinajstić information content (AvgIpc) is 2.54. The van der Waals surface area contributed by atoms with Gasteiger partial charge in [-0.3, -0.25) is 0 Å². The molecule has 2 fully saturated rings. The first-order valence-corrected chi connectivity index (χ1v) is 9.57. The van der Waals surface area contributed by atoms with Crippen molar-refractivity contribution in [3.05, 3.63) is 12.2 Å². The highest BCUT2D eigenvalue weighted by atomic mass is 16.5. The third kappa shape index (κ3) is 5.77. The Bertz CT molecular complexity index is 280. The molecule has 21 heavy (non-hydrogen) atoms. The van der Waals surface area contributed by atoms with Gasteiger partial charge in [0.05, 0.1) is 0 Å².